The van der Waals surface area contributed by atoms with Gasteiger partial charge in [0, 0.05) is 27.5 Å². The molecule has 0 amide bonds. The highest BCUT2D eigenvalue weighted by Crippen LogP contribution is 2.28. The molecule has 0 radical (unpaired) electrons. The summed E-state index contributed by atoms with van der Waals surface area (Å²) >= 11 is 3.51. The number of fused-ring (bicyclic) bond motifs is 1. The number of pyridine rings is 1. The molecule has 1 aromatic carbocycles. The summed E-state index contributed by atoms with van der Waals surface area (Å²) in [5, 5.41) is 5.33. The Bertz CT molecular complexity index is 731. The number of benzene rings is 1. The number of hydrogen-bond acceptors (Lipinski definition) is 4. The van der Waals surface area contributed by atoms with E-state index in [0.29, 0.717) is 6.42 Å². The highest BCUT2D eigenvalue weighted by atomic mass is 79.9. The zero-order chi connectivity index (χ0) is 13.5. The quantitative estimate of drug-likeness (QED) is 0.912. The minimum Gasteiger partial charge on any atom is -0.366 e. The third kappa shape index (κ3) is 2.60. The van der Waals surface area contributed by atoms with Gasteiger partial charge in [-0.05, 0) is 18.6 Å². The van der Waals surface area contributed by atoms with Crippen molar-refractivity contribution < 1.29 is 8.42 Å². The average Bonchev–Trinajstić information content (AvgIpc) is 2.70. The maximum atomic E-state index is 11.5. The van der Waals surface area contributed by atoms with Crippen molar-refractivity contribution in [2.45, 2.75) is 12.5 Å². The molecule has 1 fully saturated rings. The van der Waals surface area contributed by atoms with Gasteiger partial charge in [-0.3, -0.25) is 0 Å². The third-order valence-corrected chi connectivity index (χ3v) is 5.79. The predicted molar refractivity (Wildman–Crippen MR) is 80.1 cm³/mol. The second kappa shape index (κ2) is 4.76. The summed E-state index contributed by atoms with van der Waals surface area (Å²) < 4.78 is 24.0. The van der Waals surface area contributed by atoms with Gasteiger partial charge in [0.2, 0.25) is 0 Å². The van der Waals surface area contributed by atoms with Crippen molar-refractivity contribution in [3.05, 3.63) is 34.9 Å². The van der Waals surface area contributed by atoms with Crippen LogP contribution in [0.2, 0.25) is 0 Å². The zero-order valence-electron chi connectivity index (χ0n) is 10.1. The maximum Gasteiger partial charge on any atom is 0.152 e. The fourth-order valence-electron chi connectivity index (χ4n) is 2.39. The molecule has 1 aromatic heterocycles. The van der Waals surface area contributed by atoms with Crippen LogP contribution in [0.25, 0.3) is 10.8 Å². The first-order valence-corrected chi connectivity index (χ1v) is 8.67. The normalized spacial score (nSPS) is 21.6. The summed E-state index contributed by atoms with van der Waals surface area (Å²) in [5.74, 6) is 1.21. The van der Waals surface area contributed by atoms with Crippen molar-refractivity contribution in [3.8, 4) is 0 Å². The van der Waals surface area contributed by atoms with E-state index in [1.54, 1.807) is 6.20 Å². The Morgan fingerprint density at radius 3 is 2.84 bits per heavy atom. The Morgan fingerprint density at radius 1 is 1.26 bits per heavy atom. The molecular formula is C13H13BrN2O2S. The van der Waals surface area contributed by atoms with E-state index in [0.717, 1.165) is 21.1 Å². The molecule has 100 valence electrons. The lowest BCUT2D eigenvalue weighted by atomic mass is 10.1. The minimum atomic E-state index is -2.88. The first-order chi connectivity index (χ1) is 9.05. The van der Waals surface area contributed by atoms with Crippen LogP contribution in [-0.4, -0.2) is 30.9 Å². The molecule has 1 aliphatic rings. The van der Waals surface area contributed by atoms with Crippen molar-refractivity contribution in [3.63, 3.8) is 0 Å². The molecule has 19 heavy (non-hydrogen) atoms. The summed E-state index contributed by atoms with van der Waals surface area (Å²) in [6, 6.07) is 7.81. The standard InChI is InChI=1S/C13H13BrN2O2S/c14-12-3-1-2-11-10(12)4-6-15-13(11)16-9-5-7-19(17,18)8-9/h1-4,6,9H,5,7-8H2,(H,15,16). The van der Waals surface area contributed by atoms with Gasteiger partial charge in [0.1, 0.15) is 5.82 Å². The van der Waals surface area contributed by atoms with Gasteiger partial charge >= 0.3 is 0 Å². The van der Waals surface area contributed by atoms with Crippen molar-refractivity contribution >= 4 is 42.4 Å². The predicted octanol–water partition coefficient (Wildman–Crippen LogP) is 2.60. The largest absolute Gasteiger partial charge is 0.366 e. The second-order valence-corrected chi connectivity index (χ2v) is 7.82. The summed E-state index contributed by atoms with van der Waals surface area (Å²) in [7, 11) is -2.88. The van der Waals surface area contributed by atoms with Crippen LogP contribution in [-0.2, 0) is 9.84 Å². The van der Waals surface area contributed by atoms with Crippen LogP contribution in [0, 0.1) is 0 Å². The lowest BCUT2D eigenvalue weighted by molar-refractivity contribution is 0.602. The molecule has 3 rings (SSSR count). The first kappa shape index (κ1) is 12.9. The molecule has 1 atom stereocenters. The fraction of sp³-hybridized carbons (Fsp3) is 0.308. The number of halogens is 1. The molecule has 0 saturated carbocycles. The Hall–Kier alpha value is -1.14. The van der Waals surface area contributed by atoms with E-state index >= 15 is 0 Å². The van der Waals surface area contributed by atoms with Crippen molar-refractivity contribution in [1.82, 2.24) is 4.98 Å². The molecule has 2 aromatic rings. The highest BCUT2D eigenvalue weighted by Gasteiger charge is 2.28. The van der Waals surface area contributed by atoms with E-state index < -0.39 is 9.84 Å². The zero-order valence-corrected chi connectivity index (χ0v) is 12.5. The van der Waals surface area contributed by atoms with E-state index in [9.17, 15) is 8.42 Å². The SMILES string of the molecule is O=S1(=O)CCC(Nc2nccc3c(Br)cccc23)C1. The maximum absolute atomic E-state index is 11.5. The van der Waals surface area contributed by atoms with Gasteiger partial charge in [0.25, 0.3) is 0 Å². The molecule has 0 aliphatic carbocycles. The molecule has 1 saturated heterocycles. The third-order valence-electron chi connectivity index (χ3n) is 3.33. The fourth-order valence-corrected chi connectivity index (χ4v) is 4.56. The molecule has 0 spiro atoms. The van der Waals surface area contributed by atoms with Crippen LogP contribution in [0.1, 0.15) is 6.42 Å². The topological polar surface area (TPSA) is 59.1 Å². The minimum absolute atomic E-state index is 0.0397. The summed E-state index contributed by atoms with van der Waals surface area (Å²) in [4.78, 5) is 4.33. The molecule has 6 heteroatoms. The number of aromatic nitrogens is 1. The van der Waals surface area contributed by atoms with Crippen molar-refractivity contribution in [2.24, 2.45) is 0 Å². The van der Waals surface area contributed by atoms with E-state index in [1.165, 1.54) is 0 Å². The van der Waals surface area contributed by atoms with Gasteiger partial charge in [0.15, 0.2) is 9.84 Å². The number of nitrogens with zero attached hydrogens (tertiary/aromatic N) is 1. The van der Waals surface area contributed by atoms with Crippen LogP contribution < -0.4 is 5.32 Å². The Balaban J connectivity index is 1.96. The Labute approximate surface area is 120 Å². The van der Waals surface area contributed by atoms with E-state index in [4.69, 9.17) is 0 Å². The number of anilines is 1. The number of rotatable bonds is 2. The summed E-state index contributed by atoms with van der Waals surface area (Å²) in [6.07, 6.45) is 2.38. The van der Waals surface area contributed by atoms with Gasteiger partial charge in [-0.15, -0.1) is 0 Å². The molecule has 1 unspecified atom stereocenters. The van der Waals surface area contributed by atoms with Gasteiger partial charge in [-0.1, -0.05) is 28.1 Å². The lowest BCUT2D eigenvalue weighted by Gasteiger charge is -2.13. The van der Waals surface area contributed by atoms with E-state index in [2.05, 4.69) is 26.2 Å². The van der Waals surface area contributed by atoms with Crippen LogP contribution in [0.4, 0.5) is 5.82 Å². The number of sulfone groups is 1. The number of hydrogen-bond donors (Lipinski definition) is 1. The first-order valence-electron chi connectivity index (χ1n) is 6.05. The van der Waals surface area contributed by atoms with E-state index in [1.807, 2.05) is 24.3 Å². The van der Waals surface area contributed by atoms with Gasteiger partial charge in [0.05, 0.1) is 11.5 Å². The van der Waals surface area contributed by atoms with Crippen molar-refractivity contribution in [2.75, 3.05) is 16.8 Å². The Morgan fingerprint density at radius 2 is 2.11 bits per heavy atom. The smallest absolute Gasteiger partial charge is 0.152 e. The van der Waals surface area contributed by atoms with Crippen LogP contribution in [0.3, 0.4) is 0 Å². The van der Waals surface area contributed by atoms with Crippen molar-refractivity contribution in [1.29, 1.82) is 0 Å². The number of nitrogens with one attached hydrogen (secondary N) is 1. The highest BCUT2D eigenvalue weighted by molar-refractivity contribution is 9.10. The van der Waals surface area contributed by atoms with Gasteiger partial charge in [-0.25, -0.2) is 13.4 Å². The molecule has 2 heterocycles. The molecule has 1 aliphatic heterocycles. The molecular weight excluding hydrogens is 328 g/mol. The molecule has 0 bridgehead atoms. The van der Waals surface area contributed by atoms with E-state index in [-0.39, 0.29) is 17.5 Å². The van der Waals surface area contributed by atoms with Crippen LogP contribution in [0.5, 0.6) is 0 Å². The average molecular weight is 341 g/mol. The lowest BCUT2D eigenvalue weighted by Crippen LogP contribution is -2.21. The second-order valence-electron chi connectivity index (χ2n) is 4.74. The van der Waals surface area contributed by atoms with Gasteiger partial charge < -0.3 is 5.32 Å². The molecule has 1 N–H and O–H groups in total. The van der Waals surface area contributed by atoms with Crippen LogP contribution >= 0.6 is 15.9 Å². The van der Waals surface area contributed by atoms with Gasteiger partial charge in [-0.2, -0.15) is 0 Å². The summed E-state index contributed by atoms with van der Waals surface area (Å²) in [6.45, 7) is 0. The monoisotopic (exact) mass is 340 g/mol. The molecule has 4 nitrogen and oxygen atoms in total. The Kier molecular flexibility index (Phi) is 3.22. The van der Waals surface area contributed by atoms with Crippen LogP contribution in [0.15, 0.2) is 34.9 Å². The summed E-state index contributed by atoms with van der Waals surface area (Å²) in [5.41, 5.74) is 0.